The Kier molecular flexibility index (Phi) is 9.27. The van der Waals surface area contributed by atoms with Crippen LogP contribution in [0.1, 0.15) is 49.0 Å². The van der Waals surface area contributed by atoms with Crippen molar-refractivity contribution in [3.63, 3.8) is 0 Å². The van der Waals surface area contributed by atoms with E-state index in [-0.39, 0.29) is 11.1 Å². The molecule has 0 aliphatic heterocycles. The summed E-state index contributed by atoms with van der Waals surface area (Å²) >= 11 is 0. The van der Waals surface area contributed by atoms with Gasteiger partial charge in [-0.1, -0.05) is 42.5 Å². The Morgan fingerprint density at radius 3 is 1.88 bits per heavy atom. The maximum absolute atomic E-state index is 14.0. The number of ketones is 1. The van der Waals surface area contributed by atoms with Gasteiger partial charge in [-0.05, 0) is 56.7 Å². The summed E-state index contributed by atoms with van der Waals surface area (Å²) in [4.78, 5) is 53.9. The minimum absolute atomic E-state index is 0.0785. The van der Waals surface area contributed by atoms with Crippen LogP contribution < -0.4 is 20.1 Å². The highest BCUT2D eigenvalue weighted by Gasteiger charge is 2.56. The maximum atomic E-state index is 14.0. The number of anilines is 2. The van der Waals surface area contributed by atoms with E-state index in [2.05, 4.69) is 10.6 Å². The van der Waals surface area contributed by atoms with E-state index in [1.165, 1.54) is 25.1 Å². The summed E-state index contributed by atoms with van der Waals surface area (Å²) in [5, 5.41) is 27.1. The number of para-hydroxylation sites is 4. The van der Waals surface area contributed by atoms with Crippen molar-refractivity contribution in [2.24, 2.45) is 11.8 Å². The second kappa shape index (κ2) is 12.9. The fourth-order valence-electron chi connectivity index (χ4n) is 5.57. The molecule has 1 saturated carbocycles. The van der Waals surface area contributed by atoms with Gasteiger partial charge in [0.25, 0.3) is 0 Å². The zero-order valence-electron chi connectivity index (χ0n) is 23.6. The molecule has 1 fully saturated rings. The lowest BCUT2D eigenvalue weighted by molar-refractivity contribution is -0.150. The minimum atomic E-state index is -1.92. The molecular formula is C32H34N2O8. The van der Waals surface area contributed by atoms with Crippen LogP contribution in [0.3, 0.4) is 0 Å². The first-order chi connectivity index (χ1) is 20.1. The van der Waals surface area contributed by atoms with Crippen LogP contribution in [0.25, 0.3) is 0 Å². The quantitative estimate of drug-likeness (QED) is 0.259. The first-order valence-corrected chi connectivity index (χ1v) is 13.7. The van der Waals surface area contributed by atoms with E-state index in [0.717, 1.165) is 0 Å². The Hall–Kier alpha value is -4.70. The first kappa shape index (κ1) is 30.3. The van der Waals surface area contributed by atoms with Gasteiger partial charge < -0.3 is 30.3 Å². The molecule has 220 valence electrons. The highest BCUT2D eigenvalue weighted by atomic mass is 16.5. The number of hydrogen-bond donors (Lipinski definition) is 4. The zero-order valence-corrected chi connectivity index (χ0v) is 23.6. The van der Waals surface area contributed by atoms with Crippen molar-refractivity contribution < 1.29 is 38.9 Å². The molecule has 2 amide bonds. The molecule has 4 unspecified atom stereocenters. The molecule has 0 saturated heterocycles. The summed E-state index contributed by atoms with van der Waals surface area (Å²) in [6, 6.07) is 19.3. The van der Waals surface area contributed by atoms with E-state index < -0.39 is 53.3 Å². The van der Waals surface area contributed by atoms with Crippen LogP contribution in [-0.2, 0) is 14.4 Å². The number of benzene rings is 3. The predicted octanol–water partition coefficient (Wildman–Crippen LogP) is 4.50. The lowest BCUT2D eigenvalue weighted by Gasteiger charge is -2.44. The standard InChI is InChI=1S/C32H34N2O8/c1-4-41-24-16-10-8-14-21(24)33-29(36)27-23(35)18-32(3,40)28(26(27)19-12-6-7-13-20(19)31(38)39)30(37)34-22-15-9-11-17-25(22)42-5-2/h6-17,26-28,40H,4-5,18H2,1-3H3,(H,33,36)(H,34,37)(H,38,39). The van der Waals surface area contributed by atoms with Crippen molar-refractivity contribution in [1.82, 2.24) is 0 Å². The normalized spacial score (nSPS) is 21.7. The largest absolute Gasteiger partial charge is 0.492 e. The number of nitrogens with one attached hydrogen (secondary N) is 2. The number of rotatable bonds is 10. The summed E-state index contributed by atoms with van der Waals surface area (Å²) in [5.74, 6) is -6.83. The third-order valence-electron chi connectivity index (χ3n) is 7.27. The maximum Gasteiger partial charge on any atom is 0.335 e. The smallest absolute Gasteiger partial charge is 0.335 e. The number of carboxylic acid groups (broad SMARTS) is 1. The lowest BCUT2D eigenvalue weighted by Crippen LogP contribution is -2.56. The average Bonchev–Trinajstić information content (AvgIpc) is 2.94. The second-order valence-corrected chi connectivity index (χ2v) is 10.2. The molecule has 3 aromatic carbocycles. The molecule has 4 atom stereocenters. The molecule has 10 nitrogen and oxygen atoms in total. The summed E-state index contributed by atoms with van der Waals surface area (Å²) in [7, 11) is 0. The van der Waals surface area contributed by atoms with E-state index in [0.29, 0.717) is 36.1 Å². The van der Waals surface area contributed by atoms with Gasteiger partial charge in [-0.3, -0.25) is 14.4 Å². The molecule has 0 aromatic heterocycles. The number of hydrogen-bond acceptors (Lipinski definition) is 7. The Bertz CT molecular complexity index is 1480. The van der Waals surface area contributed by atoms with Gasteiger partial charge in [-0.25, -0.2) is 4.79 Å². The fraction of sp³-hybridized carbons (Fsp3) is 0.312. The molecule has 0 radical (unpaired) electrons. The number of aliphatic hydroxyl groups is 1. The van der Waals surface area contributed by atoms with Crippen molar-refractivity contribution in [1.29, 1.82) is 0 Å². The van der Waals surface area contributed by atoms with Gasteiger partial charge >= 0.3 is 5.97 Å². The number of carboxylic acids is 1. The summed E-state index contributed by atoms with van der Waals surface area (Å²) in [6.45, 7) is 5.60. The van der Waals surface area contributed by atoms with Crippen molar-refractivity contribution in [2.45, 2.75) is 38.7 Å². The number of amides is 2. The highest BCUT2D eigenvalue weighted by Crippen LogP contribution is 2.48. The van der Waals surface area contributed by atoms with E-state index in [1.807, 2.05) is 0 Å². The molecule has 0 spiro atoms. The van der Waals surface area contributed by atoms with Crippen LogP contribution in [0.4, 0.5) is 11.4 Å². The summed E-state index contributed by atoms with van der Waals surface area (Å²) < 4.78 is 11.2. The Morgan fingerprint density at radius 2 is 1.33 bits per heavy atom. The Labute approximate surface area is 243 Å². The SMILES string of the molecule is CCOc1ccccc1NC(=O)C1C(=O)CC(C)(O)C(C(=O)Nc2ccccc2OCC)C1c1ccccc1C(=O)O. The minimum Gasteiger partial charge on any atom is -0.492 e. The third kappa shape index (κ3) is 6.28. The molecular weight excluding hydrogens is 540 g/mol. The average molecular weight is 575 g/mol. The van der Waals surface area contributed by atoms with Crippen LogP contribution in [0.5, 0.6) is 11.5 Å². The van der Waals surface area contributed by atoms with Crippen LogP contribution in [0.15, 0.2) is 72.8 Å². The van der Waals surface area contributed by atoms with Gasteiger partial charge in [0.05, 0.1) is 41.7 Å². The van der Waals surface area contributed by atoms with Crippen molar-refractivity contribution in [2.75, 3.05) is 23.8 Å². The first-order valence-electron chi connectivity index (χ1n) is 13.7. The fourth-order valence-corrected chi connectivity index (χ4v) is 5.57. The molecule has 0 bridgehead atoms. The van der Waals surface area contributed by atoms with E-state index in [1.54, 1.807) is 68.4 Å². The topological polar surface area (TPSA) is 151 Å². The van der Waals surface area contributed by atoms with Crippen LogP contribution in [0, 0.1) is 11.8 Å². The van der Waals surface area contributed by atoms with Gasteiger partial charge in [0, 0.05) is 12.3 Å². The van der Waals surface area contributed by atoms with Gasteiger partial charge in [-0.2, -0.15) is 0 Å². The Balaban J connectivity index is 1.84. The lowest BCUT2D eigenvalue weighted by atomic mass is 9.60. The van der Waals surface area contributed by atoms with Crippen LogP contribution >= 0.6 is 0 Å². The van der Waals surface area contributed by atoms with E-state index in [4.69, 9.17) is 9.47 Å². The number of ether oxygens (including phenoxy) is 2. The molecule has 42 heavy (non-hydrogen) atoms. The summed E-state index contributed by atoms with van der Waals surface area (Å²) in [6.07, 6.45) is -0.505. The van der Waals surface area contributed by atoms with Crippen LogP contribution in [-0.4, -0.2) is 52.6 Å². The molecule has 1 aliphatic rings. The van der Waals surface area contributed by atoms with Crippen molar-refractivity contribution >= 4 is 34.9 Å². The molecule has 10 heteroatoms. The molecule has 1 aliphatic carbocycles. The molecule has 4 rings (SSSR count). The number of carbonyl (C=O) groups is 4. The Morgan fingerprint density at radius 1 is 0.833 bits per heavy atom. The third-order valence-corrected chi connectivity index (χ3v) is 7.27. The number of carbonyl (C=O) groups excluding carboxylic acids is 3. The second-order valence-electron chi connectivity index (χ2n) is 10.2. The van der Waals surface area contributed by atoms with Gasteiger partial charge in [0.2, 0.25) is 11.8 Å². The monoisotopic (exact) mass is 574 g/mol. The van der Waals surface area contributed by atoms with Crippen molar-refractivity contribution in [3.8, 4) is 11.5 Å². The van der Waals surface area contributed by atoms with E-state index >= 15 is 0 Å². The zero-order chi connectivity index (χ0) is 30.4. The predicted molar refractivity (Wildman–Crippen MR) is 156 cm³/mol. The van der Waals surface area contributed by atoms with Gasteiger partial charge in [-0.15, -0.1) is 0 Å². The van der Waals surface area contributed by atoms with Crippen molar-refractivity contribution in [3.05, 3.63) is 83.9 Å². The molecule has 4 N–H and O–H groups in total. The number of Topliss-reactive ketones (excluding diaryl/α,β-unsaturated/α-hetero) is 1. The summed E-state index contributed by atoms with van der Waals surface area (Å²) in [5.41, 5.74) is -1.39. The van der Waals surface area contributed by atoms with Gasteiger partial charge in [0.1, 0.15) is 23.2 Å². The van der Waals surface area contributed by atoms with Gasteiger partial charge in [0.15, 0.2) is 0 Å². The molecule has 0 heterocycles. The number of aromatic carboxylic acids is 1. The highest BCUT2D eigenvalue weighted by molar-refractivity contribution is 6.11. The van der Waals surface area contributed by atoms with E-state index in [9.17, 15) is 29.4 Å². The van der Waals surface area contributed by atoms with Crippen LogP contribution in [0.2, 0.25) is 0 Å². The molecule has 3 aromatic rings.